The van der Waals surface area contributed by atoms with Gasteiger partial charge in [-0.25, -0.2) is 0 Å². The minimum absolute atomic E-state index is 0.0769. The van der Waals surface area contributed by atoms with Crippen LogP contribution in [0.4, 0.5) is 5.69 Å². The van der Waals surface area contributed by atoms with Crippen LogP contribution in [-0.2, 0) is 4.79 Å². The highest BCUT2D eigenvalue weighted by atomic mass is 16.2. The topological polar surface area (TPSA) is 49.4 Å². The summed E-state index contributed by atoms with van der Waals surface area (Å²) >= 11 is 0. The van der Waals surface area contributed by atoms with Gasteiger partial charge in [-0.15, -0.1) is 0 Å². The van der Waals surface area contributed by atoms with Crippen molar-refractivity contribution in [3.63, 3.8) is 0 Å². The predicted octanol–water partition coefficient (Wildman–Crippen LogP) is 3.58. The van der Waals surface area contributed by atoms with Crippen LogP contribution in [0.5, 0.6) is 0 Å². The molecule has 25 heavy (non-hydrogen) atoms. The third-order valence-electron chi connectivity index (χ3n) is 5.51. The summed E-state index contributed by atoms with van der Waals surface area (Å²) in [6, 6.07) is 15.7. The lowest BCUT2D eigenvalue weighted by atomic mass is 9.80. The SMILES string of the molecule is Cc1ccccc1C(=O)N1CCC(C2C(=O)Nc3ccccc32)CC1. The lowest BCUT2D eigenvalue weighted by Crippen LogP contribution is -2.40. The molecule has 0 spiro atoms. The molecule has 0 radical (unpaired) electrons. The zero-order valence-electron chi connectivity index (χ0n) is 14.4. The molecule has 4 nitrogen and oxygen atoms in total. The van der Waals surface area contributed by atoms with Crippen molar-refractivity contribution >= 4 is 17.5 Å². The third-order valence-corrected chi connectivity index (χ3v) is 5.51. The number of likely N-dealkylation sites (tertiary alicyclic amines) is 1. The fourth-order valence-electron chi connectivity index (χ4n) is 4.12. The van der Waals surface area contributed by atoms with Gasteiger partial charge in [-0.05, 0) is 48.9 Å². The van der Waals surface area contributed by atoms with Gasteiger partial charge in [0, 0.05) is 24.3 Å². The van der Waals surface area contributed by atoms with Gasteiger partial charge in [0.1, 0.15) is 0 Å². The number of aryl methyl sites for hydroxylation is 1. The quantitative estimate of drug-likeness (QED) is 0.912. The molecule has 4 rings (SSSR count). The minimum atomic E-state index is -0.0769. The van der Waals surface area contributed by atoms with Gasteiger partial charge in [-0.1, -0.05) is 36.4 Å². The standard InChI is InChI=1S/C21H22N2O2/c1-14-6-2-3-7-16(14)21(25)23-12-10-15(11-13-23)19-17-8-4-5-9-18(17)22-20(19)24/h2-9,15,19H,10-13H2,1H3,(H,22,24). The lowest BCUT2D eigenvalue weighted by molar-refractivity contribution is -0.118. The maximum atomic E-state index is 12.8. The van der Waals surface area contributed by atoms with Crippen molar-refractivity contribution in [1.29, 1.82) is 0 Å². The molecule has 2 aromatic carbocycles. The lowest BCUT2D eigenvalue weighted by Gasteiger charge is -2.34. The molecule has 128 valence electrons. The van der Waals surface area contributed by atoms with E-state index in [4.69, 9.17) is 0 Å². The second-order valence-corrected chi connectivity index (χ2v) is 7.00. The first-order valence-electron chi connectivity index (χ1n) is 8.90. The summed E-state index contributed by atoms with van der Waals surface area (Å²) in [7, 11) is 0. The molecule has 1 unspecified atom stereocenters. The van der Waals surface area contributed by atoms with E-state index >= 15 is 0 Å². The zero-order valence-corrected chi connectivity index (χ0v) is 14.4. The van der Waals surface area contributed by atoms with Crippen LogP contribution in [0.3, 0.4) is 0 Å². The van der Waals surface area contributed by atoms with Crippen LogP contribution in [0.15, 0.2) is 48.5 Å². The summed E-state index contributed by atoms with van der Waals surface area (Å²) in [4.78, 5) is 27.1. The van der Waals surface area contributed by atoms with Crippen molar-refractivity contribution in [2.45, 2.75) is 25.7 Å². The number of carbonyl (C=O) groups is 2. The molecule has 1 fully saturated rings. The third kappa shape index (κ3) is 2.82. The number of hydrogen-bond acceptors (Lipinski definition) is 2. The van der Waals surface area contributed by atoms with Crippen LogP contribution >= 0.6 is 0 Å². The number of para-hydroxylation sites is 1. The van der Waals surface area contributed by atoms with Gasteiger partial charge in [0.2, 0.25) is 5.91 Å². The molecule has 2 aliphatic heterocycles. The minimum Gasteiger partial charge on any atom is -0.339 e. The Balaban J connectivity index is 1.46. The monoisotopic (exact) mass is 334 g/mol. The molecule has 0 aromatic heterocycles. The van der Waals surface area contributed by atoms with Crippen LogP contribution < -0.4 is 5.32 Å². The number of carbonyl (C=O) groups excluding carboxylic acids is 2. The molecule has 1 saturated heterocycles. The van der Waals surface area contributed by atoms with Gasteiger partial charge in [0.25, 0.3) is 5.91 Å². The molecule has 4 heteroatoms. The summed E-state index contributed by atoms with van der Waals surface area (Å²) in [6.07, 6.45) is 1.73. The molecule has 0 bridgehead atoms. The van der Waals surface area contributed by atoms with Gasteiger partial charge in [0.05, 0.1) is 5.92 Å². The smallest absolute Gasteiger partial charge is 0.254 e. The number of amides is 2. The van der Waals surface area contributed by atoms with Crippen molar-refractivity contribution < 1.29 is 9.59 Å². The number of hydrogen-bond donors (Lipinski definition) is 1. The summed E-state index contributed by atoms with van der Waals surface area (Å²) in [5.41, 5.74) is 3.84. The average Bonchev–Trinajstić information content (AvgIpc) is 2.97. The van der Waals surface area contributed by atoms with E-state index in [1.165, 1.54) is 0 Å². The predicted molar refractivity (Wildman–Crippen MR) is 97.6 cm³/mol. The van der Waals surface area contributed by atoms with Crippen LogP contribution in [0, 0.1) is 12.8 Å². The van der Waals surface area contributed by atoms with Crippen LogP contribution in [0.1, 0.15) is 40.2 Å². The Hall–Kier alpha value is -2.62. The number of nitrogens with zero attached hydrogens (tertiary/aromatic N) is 1. The highest BCUT2D eigenvalue weighted by Crippen LogP contribution is 2.41. The molecule has 2 amide bonds. The number of fused-ring (bicyclic) bond motifs is 1. The highest BCUT2D eigenvalue weighted by molar-refractivity contribution is 6.03. The van der Waals surface area contributed by atoms with Gasteiger partial charge >= 0.3 is 0 Å². The van der Waals surface area contributed by atoms with E-state index in [1.807, 2.05) is 60.4 Å². The number of anilines is 1. The van der Waals surface area contributed by atoms with E-state index in [-0.39, 0.29) is 17.7 Å². The second kappa shape index (κ2) is 6.36. The first-order valence-corrected chi connectivity index (χ1v) is 8.90. The Kier molecular flexibility index (Phi) is 4.04. The Morgan fingerprint density at radius 2 is 1.72 bits per heavy atom. The van der Waals surface area contributed by atoms with E-state index in [9.17, 15) is 9.59 Å². The van der Waals surface area contributed by atoms with Crippen LogP contribution in [0.25, 0.3) is 0 Å². The first kappa shape index (κ1) is 15.9. The van der Waals surface area contributed by atoms with E-state index in [2.05, 4.69) is 5.32 Å². The Morgan fingerprint density at radius 1 is 1.04 bits per heavy atom. The highest BCUT2D eigenvalue weighted by Gasteiger charge is 2.38. The Labute approximate surface area is 147 Å². The molecule has 2 aromatic rings. The maximum Gasteiger partial charge on any atom is 0.254 e. The number of benzene rings is 2. The molecule has 2 heterocycles. The van der Waals surface area contributed by atoms with Crippen molar-refractivity contribution in [1.82, 2.24) is 4.90 Å². The summed E-state index contributed by atoms with van der Waals surface area (Å²) in [6.45, 7) is 3.40. The van der Waals surface area contributed by atoms with Crippen molar-refractivity contribution in [2.24, 2.45) is 5.92 Å². The van der Waals surface area contributed by atoms with Crippen LogP contribution in [0.2, 0.25) is 0 Å². The Bertz CT molecular complexity index is 822. The van der Waals surface area contributed by atoms with Gasteiger partial charge in [0.15, 0.2) is 0 Å². The van der Waals surface area contributed by atoms with Crippen molar-refractivity contribution in [3.05, 3.63) is 65.2 Å². The van der Waals surface area contributed by atoms with Gasteiger partial charge in [-0.3, -0.25) is 9.59 Å². The number of rotatable bonds is 2. The summed E-state index contributed by atoms with van der Waals surface area (Å²) < 4.78 is 0. The molecule has 1 atom stereocenters. The summed E-state index contributed by atoms with van der Waals surface area (Å²) in [5.74, 6) is 0.425. The normalized spacial score (nSPS) is 20.3. The molecular formula is C21H22N2O2. The van der Waals surface area contributed by atoms with E-state index in [1.54, 1.807) is 0 Å². The van der Waals surface area contributed by atoms with Crippen LogP contribution in [-0.4, -0.2) is 29.8 Å². The average molecular weight is 334 g/mol. The fourth-order valence-corrected chi connectivity index (χ4v) is 4.12. The number of piperidine rings is 1. The van der Waals surface area contributed by atoms with E-state index < -0.39 is 0 Å². The van der Waals surface area contributed by atoms with E-state index in [0.717, 1.165) is 35.2 Å². The molecule has 2 aliphatic rings. The van der Waals surface area contributed by atoms with Gasteiger partial charge < -0.3 is 10.2 Å². The fraction of sp³-hybridized carbons (Fsp3) is 0.333. The zero-order chi connectivity index (χ0) is 17.4. The second-order valence-electron chi connectivity index (χ2n) is 7.00. The molecule has 0 saturated carbocycles. The molecule has 1 N–H and O–H groups in total. The molecular weight excluding hydrogens is 312 g/mol. The molecule has 0 aliphatic carbocycles. The van der Waals surface area contributed by atoms with Crippen molar-refractivity contribution in [2.75, 3.05) is 18.4 Å². The number of nitrogens with one attached hydrogen (secondary N) is 1. The first-order chi connectivity index (χ1) is 12.1. The van der Waals surface area contributed by atoms with Gasteiger partial charge in [-0.2, -0.15) is 0 Å². The maximum absolute atomic E-state index is 12.8. The largest absolute Gasteiger partial charge is 0.339 e. The van der Waals surface area contributed by atoms with E-state index in [0.29, 0.717) is 19.0 Å². The summed E-state index contributed by atoms with van der Waals surface area (Å²) in [5, 5.41) is 2.99. The Morgan fingerprint density at radius 3 is 2.48 bits per heavy atom. The van der Waals surface area contributed by atoms with Crippen molar-refractivity contribution in [3.8, 4) is 0 Å².